The van der Waals surface area contributed by atoms with Gasteiger partial charge in [-0.25, -0.2) is 9.97 Å². The van der Waals surface area contributed by atoms with Gasteiger partial charge in [0.25, 0.3) is 5.91 Å². The first-order chi connectivity index (χ1) is 13.1. The van der Waals surface area contributed by atoms with Crippen LogP contribution in [0, 0.1) is 6.92 Å². The van der Waals surface area contributed by atoms with E-state index < -0.39 is 5.91 Å². The van der Waals surface area contributed by atoms with E-state index in [9.17, 15) is 4.79 Å². The monoisotopic (exact) mass is 363 g/mol. The predicted octanol–water partition coefficient (Wildman–Crippen LogP) is 2.48. The second kappa shape index (κ2) is 6.52. The number of aryl methyl sites for hydroxylation is 2. The zero-order chi connectivity index (χ0) is 19.0. The molecule has 27 heavy (non-hydrogen) atoms. The van der Waals surface area contributed by atoms with E-state index in [2.05, 4.69) is 25.3 Å². The summed E-state index contributed by atoms with van der Waals surface area (Å²) in [6, 6.07) is 3.87. The molecule has 3 N–H and O–H groups in total. The summed E-state index contributed by atoms with van der Waals surface area (Å²) in [5.41, 5.74) is 9.17. The third-order valence-electron chi connectivity index (χ3n) is 4.20. The molecule has 0 spiro atoms. The number of fused-ring (bicyclic) bond motifs is 1. The molecule has 0 aliphatic rings. The number of nitrogens with one attached hydrogen (secondary N) is 1. The van der Waals surface area contributed by atoms with Crippen molar-refractivity contribution in [3.8, 4) is 11.3 Å². The van der Waals surface area contributed by atoms with E-state index >= 15 is 0 Å². The van der Waals surface area contributed by atoms with E-state index in [1.165, 1.54) is 18.6 Å². The fourth-order valence-corrected chi connectivity index (χ4v) is 2.77. The fourth-order valence-electron chi connectivity index (χ4n) is 2.77. The summed E-state index contributed by atoms with van der Waals surface area (Å²) in [5.74, 6) is 0.710. The molecule has 0 unspecified atom stereocenters. The van der Waals surface area contributed by atoms with Gasteiger partial charge in [-0.05, 0) is 19.1 Å². The van der Waals surface area contributed by atoms with Crippen LogP contribution in [0.15, 0.2) is 41.3 Å². The summed E-state index contributed by atoms with van der Waals surface area (Å²) in [5, 5.41) is 2.62. The van der Waals surface area contributed by atoms with Gasteiger partial charge in [0.1, 0.15) is 28.6 Å². The van der Waals surface area contributed by atoms with Gasteiger partial charge in [0.2, 0.25) is 0 Å². The van der Waals surface area contributed by atoms with Crippen LogP contribution in [0.5, 0.6) is 0 Å². The van der Waals surface area contributed by atoms with Crippen LogP contribution >= 0.6 is 0 Å². The number of hydrogen-bond acceptors (Lipinski definition) is 7. The van der Waals surface area contributed by atoms with Crippen LogP contribution in [0.25, 0.3) is 16.9 Å². The number of aromatic nitrogens is 5. The topological polar surface area (TPSA) is 124 Å². The number of carbonyl (C=O) groups excluding carboxylic acids is 1. The minimum Gasteiger partial charge on any atom is -0.428 e. The zero-order valence-corrected chi connectivity index (χ0v) is 14.8. The minimum atomic E-state index is -0.438. The Bertz CT molecular complexity index is 1130. The van der Waals surface area contributed by atoms with Gasteiger partial charge >= 0.3 is 6.01 Å². The van der Waals surface area contributed by atoms with E-state index in [1.54, 1.807) is 0 Å². The molecule has 0 aliphatic heterocycles. The van der Waals surface area contributed by atoms with Crippen molar-refractivity contribution in [1.29, 1.82) is 0 Å². The smallest absolute Gasteiger partial charge is 0.302 e. The summed E-state index contributed by atoms with van der Waals surface area (Å²) in [6.07, 6.45) is 6.84. The third kappa shape index (κ3) is 2.99. The van der Waals surface area contributed by atoms with E-state index in [4.69, 9.17) is 10.2 Å². The van der Waals surface area contributed by atoms with Crippen molar-refractivity contribution in [2.24, 2.45) is 0 Å². The Morgan fingerprint density at radius 2 is 2.15 bits per heavy atom. The zero-order valence-electron chi connectivity index (χ0n) is 14.8. The predicted molar refractivity (Wildman–Crippen MR) is 99.2 cm³/mol. The largest absolute Gasteiger partial charge is 0.428 e. The molecule has 4 heterocycles. The standard InChI is InChI=1S/C18H17N7O2/c1-3-13-15(11-4-5-14-22-16(19)10(2)25(14)9-11)23-18(27-13)24-17(26)12-8-20-6-7-21-12/h4-9H,3,19H2,1-2H3,(H,23,24,26). The molecule has 9 nitrogen and oxygen atoms in total. The Balaban J connectivity index is 1.69. The number of pyridine rings is 1. The molecule has 0 radical (unpaired) electrons. The van der Waals surface area contributed by atoms with Crippen LogP contribution < -0.4 is 11.1 Å². The molecule has 136 valence electrons. The highest BCUT2D eigenvalue weighted by Crippen LogP contribution is 2.28. The Hall–Kier alpha value is -3.75. The summed E-state index contributed by atoms with van der Waals surface area (Å²) >= 11 is 0. The number of amides is 1. The summed E-state index contributed by atoms with van der Waals surface area (Å²) in [4.78, 5) is 28.8. The first-order valence-electron chi connectivity index (χ1n) is 8.38. The molecule has 0 aliphatic carbocycles. The maximum absolute atomic E-state index is 12.2. The maximum atomic E-state index is 12.2. The average Bonchev–Trinajstić information content (AvgIpc) is 3.23. The van der Waals surface area contributed by atoms with Crippen LogP contribution in [-0.2, 0) is 6.42 Å². The fraction of sp³-hybridized carbons (Fsp3) is 0.167. The number of oxazole rings is 1. The summed E-state index contributed by atoms with van der Waals surface area (Å²) in [7, 11) is 0. The van der Waals surface area contributed by atoms with Gasteiger partial charge in [0, 0.05) is 30.6 Å². The minimum absolute atomic E-state index is 0.111. The Kier molecular flexibility index (Phi) is 4.03. The van der Waals surface area contributed by atoms with Gasteiger partial charge in [0.05, 0.1) is 11.9 Å². The van der Waals surface area contributed by atoms with Gasteiger partial charge in [-0.2, -0.15) is 4.98 Å². The van der Waals surface area contributed by atoms with Crippen molar-refractivity contribution in [3.05, 3.63) is 54.1 Å². The normalized spacial score (nSPS) is 11.0. The number of nitrogens with zero attached hydrogens (tertiary/aromatic N) is 5. The van der Waals surface area contributed by atoms with Crippen molar-refractivity contribution in [2.45, 2.75) is 20.3 Å². The molecule has 0 saturated heterocycles. The second-order valence-electron chi connectivity index (χ2n) is 5.92. The molecule has 9 heteroatoms. The summed E-state index contributed by atoms with van der Waals surface area (Å²) < 4.78 is 7.62. The van der Waals surface area contributed by atoms with Gasteiger partial charge in [0.15, 0.2) is 0 Å². The van der Waals surface area contributed by atoms with E-state index in [0.717, 1.165) is 16.9 Å². The van der Waals surface area contributed by atoms with Crippen molar-refractivity contribution in [1.82, 2.24) is 24.3 Å². The first kappa shape index (κ1) is 16.7. The highest BCUT2D eigenvalue weighted by Gasteiger charge is 2.18. The van der Waals surface area contributed by atoms with Crippen LogP contribution in [0.2, 0.25) is 0 Å². The lowest BCUT2D eigenvalue weighted by molar-refractivity contribution is 0.101. The molecule has 4 aromatic rings. The van der Waals surface area contributed by atoms with Crippen LogP contribution in [0.3, 0.4) is 0 Å². The molecule has 4 aromatic heterocycles. The van der Waals surface area contributed by atoms with Gasteiger partial charge in [-0.1, -0.05) is 6.92 Å². The lowest BCUT2D eigenvalue weighted by atomic mass is 10.1. The number of nitrogen functional groups attached to an aromatic ring is 1. The highest BCUT2D eigenvalue weighted by molar-refractivity contribution is 6.01. The number of anilines is 2. The summed E-state index contributed by atoms with van der Waals surface area (Å²) in [6.45, 7) is 3.85. The number of hydrogen-bond donors (Lipinski definition) is 2. The average molecular weight is 363 g/mol. The van der Waals surface area contributed by atoms with Crippen LogP contribution in [0.4, 0.5) is 11.8 Å². The van der Waals surface area contributed by atoms with E-state index in [0.29, 0.717) is 23.7 Å². The Morgan fingerprint density at radius 1 is 1.30 bits per heavy atom. The number of imidazole rings is 1. The molecule has 0 fully saturated rings. The molecule has 0 bridgehead atoms. The number of carbonyl (C=O) groups is 1. The van der Waals surface area contributed by atoms with Crippen LogP contribution in [-0.4, -0.2) is 30.2 Å². The number of rotatable bonds is 4. The van der Waals surface area contributed by atoms with Gasteiger partial charge in [-0.3, -0.25) is 15.1 Å². The molecule has 0 atom stereocenters. The highest BCUT2D eigenvalue weighted by atomic mass is 16.4. The molecule has 0 aromatic carbocycles. The SMILES string of the molecule is CCc1oc(NC(=O)c2cnccn2)nc1-c1ccc2nc(N)c(C)n2c1. The molecule has 4 rings (SSSR count). The third-order valence-corrected chi connectivity index (χ3v) is 4.20. The maximum Gasteiger partial charge on any atom is 0.302 e. The number of nitrogens with two attached hydrogens (primary N) is 1. The first-order valence-corrected chi connectivity index (χ1v) is 8.38. The molecule has 1 amide bonds. The Morgan fingerprint density at radius 3 is 2.89 bits per heavy atom. The van der Waals surface area contributed by atoms with Crippen molar-refractivity contribution in [2.75, 3.05) is 11.1 Å². The van der Waals surface area contributed by atoms with Gasteiger partial charge < -0.3 is 14.6 Å². The lowest BCUT2D eigenvalue weighted by Crippen LogP contribution is -2.13. The molecule has 0 saturated carbocycles. The van der Waals surface area contributed by atoms with E-state index in [1.807, 2.05) is 36.6 Å². The second-order valence-corrected chi connectivity index (χ2v) is 5.92. The van der Waals surface area contributed by atoms with Crippen molar-refractivity contribution in [3.63, 3.8) is 0 Å². The van der Waals surface area contributed by atoms with Gasteiger partial charge in [-0.15, -0.1) is 0 Å². The molecular weight excluding hydrogens is 346 g/mol. The van der Waals surface area contributed by atoms with E-state index in [-0.39, 0.29) is 11.7 Å². The van der Waals surface area contributed by atoms with Crippen molar-refractivity contribution < 1.29 is 9.21 Å². The van der Waals surface area contributed by atoms with Crippen molar-refractivity contribution >= 4 is 23.4 Å². The molecular formula is C18H17N7O2. The van der Waals surface area contributed by atoms with Crippen LogP contribution in [0.1, 0.15) is 28.9 Å². The Labute approximate surface area is 154 Å². The quantitative estimate of drug-likeness (QED) is 0.570. The lowest BCUT2D eigenvalue weighted by Gasteiger charge is -2.02.